The third kappa shape index (κ3) is 2.72. The van der Waals surface area contributed by atoms with Crippen LogP contribution in [0.25, 0.3) is 0 Å². The van der Waals surface area contributed by atoms with Gasteiger partial charge in [0.2, 0.25) is 5.91 Å². The number of aliphatic hydroxyl groups excluding tert-OH is 1. The van der Waals surface area contributed by atoms with E-state index in [1.54, 1.807) is 11.8 Å². The van der Waals surface area contributed by atoms with Gasteiger partial charge in [-0.25, -0.2) is 4.79 Å². The van der Waals surface area contributed by atoms with Gasteiger partial charge in [0.15, 0.2) is 0 Å². The molecular formula is C10H16N2O4S. The van der Waals surface area contributed by atoms with Crippen molar-refractivity contribution in [2.24, 2.45) is 0 Å². The smallest absolute Gasteiger partial charge is 0.327 e. The number of carbonyl (C=O) groups excluding carboxylic acids is 1. The highest BCUT2D eigenvalue weighted by Crippen LogP contribution is 2.19. The van der Waals surface area contributed by atoms with Gasteiger partial charge in [-0.05, 0) is 6.42 Å². The molecule has 96 valence electrons. The summed E-state index contributed by atoms with van der Waals surface area (Å²) < 4.78 is 0. The van der Waals surface area contributed by atoms with E-state index in [-0.39, 0.29) is 5.91 Å². The molecule has 2 fully saturated rings. The van der Waals surface area contributed by atoms with Crippen LogP contribution in [0.1, 0.15) is 6.42 Å². The molecule has 2 aliphatic heterocycles. The number of carboxylic acids is 1. The molecule has 0 aromatic carbocycles. The molecule has 1 amide bonds. The molecule has 2 heterocycles. The lowest BCUT2D eigenvalue weighted by Crippen LogP contribution is -2.55. The molecule has 0 bridgehead atoms. The third-order valence-electron chi connectivity index (χ3n) is 3.10. The van der Waals surface area contributed by atoms with Gasteiger partial charge in [-0.15, -0.1) is 0 Å². The zero-order chi connectivity index (χ0) is 12.4. The molecule has 2 aliphatic rings. The van der Waals surface area contributed by atoms with E-state index in [2.05, 4.69) is 5.32 Å². The second-order valence-electron chi connectivity index (χ2n) is 4.31. The highest BCUT2D eigenvalue weighted by atomic mass is 32.2. The Morgan fingerprint density at radius 2 is 2.18 bits per heavy atom. The average Bonchev–Trinajstić information content (AvgIpc) is 2.75. The predicted molar refractivity (Wildman–Crippen MR) is 62.9 cm³/mol. The predicted octanol–water partition coefficient (Wildman–Crippen LogP) is -1.26. The summed E-state index contributed by atoms with van der Waals surface area (Å²) in [6, 6.07) is -1.17. The van der Waals surface area contributed by atoms with E-state index in [1.165, 1.54) is 4.90 Å². The molecule has 0 aromatic heterocycles. The summed E-state index contributed by atoms with van der Waals surface area (Å²) in [5.74, 6) is 0.0552. The molecule has 2 rings (SSSR count). The summed E-state index contributed by atoms with van der Waals surface area (Å²) in [6.45, 7) is 0.867. The van der Waals surface area contributed by atoms with E-state index in [9.17, 15) is 14.7 Å². The van der Waals surface area contributed by atoms with Gasteiger partial charge in [0.05, 0.1) is 12.1 Å². The van der Waals surface area contributed by atoms with Crippen LogP contribution in [0.5, 0.6) is 0 Å². The summed E-state index contributed by atoms with van der Waals surface area (Å²) in [6.07, 6.45) is -0.138. The van der Waals surface area contributed by atoms with Crippen LogP contribution in [0.3, 0.4) is 0 Å². The molecular weight excluding hydrogens is 244 g/mol. The number of carbonyl (C=O) groups is 2. The first-order chi connectivity index (χ1) is 8.09. The number of aliphatic carboxylic acids is 1. The van der Waals surface area contributed by atoms with Crippen LogP contribution in [0.4, 0.5) is 0 Å². The second kappa shape index (κ2) is 5.24. The Balaban J connectivity index is 2.03. The summed E-state index contributed by atoms with van der Waals surface area (Å²) in [5.41, 5.74) is 0. The van der Waals surface area contributed by atoms with Crippen molar-refractivity contribution in [2.45, 2.75) is 24.6 Å². The van der Waals surface area contributed by atoms with Gasteiger partial charge in [-0.2, -0.15) is 11.8 Å². The number of nitrogens with one attached hydrogen (secondary N) is 1. The maximum Gasteiger partial charge on any atom is 0.327 e. The van der Waals surface area contributed by atoms with Crippen molar-refractivity contribution in [1.29, 1.82) is 0 Å². The largest absolute Gasteiger partial charge is 0.480 e. The van der Waals surface area contributed by atoms with E-state index >= 15 is 0 Å². The van der Waals surface area contributed by atoms with Crippen LogP contribution in [0.15, 0.2) is 0 Å². The number of β-amino-alcohol motifs (C(OH)–C–C–N with tert-alkyl or cyclic N) is 1. The van der Waals surface area contributed by atoms with Crippen molar-refractivity contribution in [3.05, 3.63) is 0 Å². The van der Waals surface area contributed by atoms with E-state index in [0.29, 0.717) is 25.3 Å². The van der Waals surface area contributed by atoms with Crippen LogP contribution in [0.2, 0.25) is 0 Å². The zero-order valence-corrected chi connectivity index (χ0v) is 10.2. The number of hydrogen-bond acceptors (Lipinski definition) is 5. The number of nitrogens with zero attached hydrogens (tertiary/aromatic N) is 1. The molecule has 6 nitrogen and oxygen atoms in total. The van der Waals surface area contributed by atoms with Gasteiger partial charge >= 0.3 is 5.97 Å². The molecule has 3 unspecified atom stereocenters. The minimum atomic E-state index is -0.955. The average molecular weight is 260 g/mol. The van der Waals surface area contributed by atoms with Gasteiger partial charge in [0.1, 0.15) is 6.04 Å². The first-order valence-corrected chi connectivity index (χ1v) is 6.77. The number of amides is 1. The fourth-order valence-corrected chi connectivity index (χ4v) is 3.22. The normalized spacial score (nSPS) is 33.7. The quantitative estimate of drug-likeness (QED) is 0.574. The van der Waals surface area contributed by atoms with Crippen molar-refractivity contribution < 1.29 is 19.8 Å². The van der Waals surface area contributed by atoms with Gasteiger partial charge < -0.3 is 20.4 Å². The van der Waals surface area contributed by atoms with E-state index in [1.807, 2.05) is 0 Å². The van der Waals surface area contributed by atoms with Crippen molar-refractivity contribution in [1.82, 2.24) is 10.2 Å². The summed E-state index contributed by atoms with van der Waals surface area (Å²) >= 11 is 1.55. The summed E-state index contributed by atoms with van der Waals surface area (Å²) in [4.78, 5) is 24.6. The lowest BCUT2D eigenvalue weighted by Gasteiger charge is -2.34. The van der Waals surface area contributed by atoms with Crippen molar-refractivity contribution >= 4 is 23.6 Å². The molecule has 0 aromatic rings. The number of thioether (sulfide) groups is 1. The van der Waals surface area contributed by atoms with Crippen LogP contribution in [-0.2, 0) is 9.59 Å². The molecule has 2 saturated heterocycles. The van der Waals surface area contributed by atoms with Crippen LogP contribution < -0.4 is 5.32 Å². The fourth-order valence-electron chi connectivity index (χ4n) is 2.18. The maximum absolute atomic E-state index is 12.1. The number of aliphatic hydroxyl groups is 1. The van der Waals surface area contributed by atoms with Crippen molar-refractivity contribution in [2.75, 3.05) is 24.6 Å². The molecule has 7 heteroatoms. The molecule has 0 saturated carbocycles. The Morgan fingerprint density at radius 3 is 2.76 bits per heavy atom. The topological polar surface area (TPSA) is 89.9 Å². The minimum absolute atomic E-state index is 0.200. The zero-order valence-electron chi connectivity index (χ0n) is 9.33. The van der Waals surface area contributed by atoms with Gasteiger partial charge in [-0.3, -0.25) is 4.79 Å². The highest BCUT2D eigenvalue weighted by Gasteiger charge is 2.38. The Kier molecular flexibility index (Phi) is 3.90. The van der Waals surface area contributed by atoms with Crippen LogP contribution >= 0.6 is 11.8 Å². The molecule has 0 radical (unpaired) electrons. The van der Waals surface area contributed by atoms with E-state index < -0.39 is 24.2 Å². The lowest BCUT2D eigenvalue weighted by atomic mass is 10.1. The van der Waals surface area contributed by atoms with Crippen molar-refractivity contribution in [3.63, 3.8) is 0 Å². The van der Waals surface area contributed by atoms with E-state index in [0.717, 1.165) is 5.75 Å². The SMILES string of the molecule is O=C(O)C1CSCCN1C(=O)C1CC(O)CN1. The minimum Gasteiger partial charge on any atom is -0.480 e. The van der Waals surface area contributed by atoms with Gasteiger partial charge in [0, 0.05) is 24.6 Å². The molecule has 3 N–H and O–H groups in total. The Bertz CT molecular complexity index is 325. The third-order valence-corrected chi connectivity index (χ3v) is 4.13. The molecule has 17 heavy (non-hydrogen) atoms. The highest BCUT2D eigenvalue weighted by molar-refractivity contribution is 7.99. The Morgan fingerprint density at radius 1 is 1.41 bits per heavy atom. The van der Waals surface area contributed by atoms with Crippen LogP contribution in [-0.4, -0.2) is 69.8 Å². The maximum atomic E-state index is 12.1. The van der Waals surface area contributed by atoms with Gasteiger partial charge in [0.25, 0.3) is 0 Å². The monoisotopic (exact) mass is 260 g/mol. The Labute approximate surface area is 103 Å². The summed E-state index contributed by atoms with van der Waals surface area (Å²) in [5, 5.41) is 21.4. The standard InChI is InChI=1S/C10H16N2O4S/c13-6-3-7(11-4-6)9(14)12-1-2-17-5-8(12)10(15)16/h6-8,11,13H,1-5H2,(H,15,16). The molecule has 0 aliphatic carbocycles. The van der Waals surface area contributed by atoms with Crippen LogP contribution in [0, 0.1) is 0 Å². The van der Waals surface area contributed by atoms with E-state index in [4.69, 9.17) is 5.11 Å². The van der Waals surface area contributed by atoms with Gasteiger partial charge in [-0.1, -0.05) is 0 Å². The fraction of sp³-hybridized carbons (Fsp3) is 0.800. The first-order valence-electron chi connectivity index (χ1n) is 5.62. The number of rotatable bonds is 2. The van der Waals surface area contributed by atoms with Crippen molar-refractivity contribution in [3.8, 4) is 0 Å². The first kappa shape index (κ1) is 12.7. The lowest BCUT2D eigenvalue weighted by molar-refractivity contribution is -0.150. The number of hydrogen-bond donors (Lipinski definition) is 3. The molecule has 3 atom stereocenters. The number of carboxylic acid groups (broad SMARTS) is 1. The molecule has 0 spiro atoms. The summed E-state index contributed by atoms with van der Waals surface area (Å²) in [7, 11) is 0. The Hall–Kier alpha value is -0.790. The second-order valence-corrected chi connectivity index (χ2v) is 5.46.